The van der Waals surface area contributed by atoms with Crippen LogP contribution < -0.4 is 14.8 Å². The maximum Gasteiger partial charge on any atom is 0.278 e. The summed E-state index contributed by atoms with van der Waals surface area (Å²) in [4.78, 5) is 23.1. The Kier molecular flexibility index (Phi) is 5.25. The van der Waals surface area contributed by atoms with Crippen LogP contribution in [-0.2, 0) is 0 Å². The number of carbonyl (C=O) groups excluding carboxylic acids is 1. The molecule has 0 bridgehead atoms. The molecule has 0 saturated heterocycles. The first kappa shape index (κ1) is 18.9. The number of anilines is 1. The number of nitro benzene ring substituents is 1. The number of rotatable bonds is 6. The molecule has 1 heterocycles. The van der Waals surface area contributed by atoms with Gasteiger partial charge in [0.05, 0.1) is 23.8 Å². The van der Waals surface area contributed by atoms with Gasteiger partial charge in [-0.25, -0.2) is 0 Å². The average molecular weight is 383 g/mol. The smallest absolute Gasteiger partial charge is 0.278 e. The molecule has 0 aliphatic heterocycles. The molecule has 0 atom stereocenters. The molecule has 0 fully saturated rings. The maximum atomic E-state index is 12.4. The molecule has 3 aromatic rings. The number of amides is 1. The van der Waals surface area contributed by atoms with E-state index >= 15 is 0 Å². The Morgan fingerprint density at radius 2 is 1.89 bits per heavy atom. The molecule has 0 spiro atoms. The zero-order valence-electron chi connectivity index (χ0n) is 15.4. The predicted molar refractivity (Wildman–Crippen MR) is 100 cm³/mol. The van der Waals surface area contributed by atoms with E-state index in [1.807, 2.05) is 0 Å². The number of nitrogens with zero attached hydrogens (tertiary/aromatic N) is 2. The van der Waals surface area contributed by atoms with Crippen LogP contribution in [0, 0.1) is 24.0 Å². The highest BCUT2D eigenvalue weighted by Crippen LogP contribution is 2.34. The lowest BCUT2D eigenvalue weighted by Gasteiger charge is -2.11. The first-order valence-electron chi connectivity index (χ1n) is 8.23. The van der Waals surface area contributed by atoms with E-state index in [4.69, 9.17) is 14.0 Å². The largest absolute Gasteiger partial charge is 0.493 e. The third kappa shape index (κ3) is 3.93. The van der Waals surface area contributed by atoms with Crippen molar-refractivity contribution in [3.8, 4) is 17.2 Å². The van der Waals surface area contributed by atoms with E-state index in [0.29, 0.717) is 22.8 Å². The van der Waals surface area contributed by atoms with E-state index in [1.165, 1.54) is 25.3 Å². The highest BCUT2D eigenvalue weighted by atomic mass is 16.6. The van der Waals surface area contributed by atoms with Gasteiger partial charge in [0.15, 0.2) is 17.2 Å². The van der Waals surface area contributed by atoms with E-state index in [-0.39, 0.29) is 22.8 Å². The number of benzene rings is 2. The first-order chi connectivity index (χ1) is 13.4. The Bertz CT molecular complexity index is 1040. The second-order valence-electron chi connectivity index (χ2n) is 5.89. The lowest BCUT2D eigenvalue weighted by molar-refractivity contribution is -0.384. The van der Waals surface area contributed by atoms with Crippen LogP contribution in [0.3, 0.4) is 0 Å². The Hall–Kier alpha value is -3.88. The van der Waals surface area contributed by atoms with Crippen LogP contribution in [0.5, 0.6) is 17.2 Å². The Morgan fingerprint density at radius 1 is 1.18 bits per heavy atom. The lowest BCUT2D eigenvalue weighted by atomic mass is 10.2. The minimum absolute atomic E-state index is 0.108. The topological polar surface area (TPSA) is 117 Å². The Balaban J connectivity index is 1.92. The summed E-state index contributed by atoms with van der Waals surface area (Å²) in [7, 11) is 1.49. The summed E-state index contributed by atoms with van der Waals surface area (Å²) in [6, 6.07) is 10.8. The first-order valence-corrected chi connectivity index (χ1v) is 8.23. The fourth-order valence-corrected chi connectivity index (χ4v) is 2.47. The molecule has 9 nitrogen and oxygen atoms in total. The Labute approximate surface area is 160 Å². The molecule has 1 amide bonds. The van der Waals surface area contributed by atoms with Crippen molar-refractivity contribution in [3.63, 3.8) is 0 Å². The molecule has 9 heteroatoms. The van der Waals surface area contributed by atoms with Crippen LogP contribution in [-0.4, -0.2) is 23.1 Å². The van der Waals surface area contributed by atoms with Crippen LogP contribution in [0.25, 0.3) is 0 Å². The number of para-hydroxylation sites is 2. The number of hydrogen-bond donors (Lipinski definition) is 1. The van der Waals surface area contributed by atoms with Gasteiger partial charge in [-0.05, 0) is 26.0 Å². The fourth-order valence-electron chi connectivity index (χ4n) is 2.47. The van der Waals surface area contributed by atoms with Gasteiger partial charge in [-0.3, -0.25) is 14.9 Å². The SMILES string of the molecule is COc1ccccc1Oc1cc(NC(=O)c2noc(C)c2C)cc([N+](=O)[O-])c1. The van der Waals surface area contributed by atoms with Gasteiger partial charge in [0, 0.05) is 17.7 Å². The van der Waals surface area contributed by atoms with Crippen LogP contribution in [0.1, 0.15) is 21.8 Å². The van der Waals surface area contributed by atoms with E-state index < -0.39 is 10.8 Å². The number of aryl methyl sites for hydroxylation is 1. The average Bonchev–Trinajstić information content (AvgIpc) is 3.01. The number of aromatic nitrogens is 1. The summed E-state index contributed by atoms with van der Waals surface area (Å²) >= 11 is 0. The van der Waals surface area contributed by atoms with Gasteiger partial charge in [0.2, 0.25) is 0 Å². The minimum Gasteiger partial charge on any atom is -0.493 e. The lowest BCUT2D eigenvalue weighted by Crippen LogP contribution is -2.13. The van der Waals surface area contributed by atoms with E-state index in [0.717, 1.165) is 0 Å². The van der Waals surface area contributed by atoms with Crippen LogP contribution in [0.15, 0.2) is 47.0 Å². The van der Waals surface area contributed by atoms with Crippen LogP contribution in [0.4, 0.5) is 11.4 Å². The summed E-state index contributed by atoms with van der Waals surface area (Å²) in [5.74, 6) is 0.989. The summed E-state index contributed by atoms with van der Waals surface area (Å²) in [6.07, 6.45) is 0. The molecular weight excluding hydrogens is 366 g/mol. The van der Waals surface area contributed by atoms with E-state index in [1.54, 1.807) is 38.1 Å². The normalized spacial score (nSPS) is 10.4. The van der Waals surface area contributed by atoms with Crippen molar-refractivity contribution >= 4 is 17.3 Å². The van der Waals surface area contributed by atoms with Gasteiger partial charge >= 0.3 is 0 Å². The summed E-state index contributed by atoms with van der Waals surface area (Å²) in [5, 5.41) is 17.6. The van der Waals surface area contributed by atoms with Crippen LogP contribution in [0.2, 0.25) is 0 Å². The van der Waals surface area contributed by atoms with Gasteiger partial charge in [-0.2, -0.15) is 0 Å². The highest BCUT2D eigenvalue weighted by molar-refractivity contribution is 6.04. The molecule has 1 aromatic heterocycles. The molecule has 2 aromatic carbocycles. The van der Waals surface area contributed by atoms with Crippen molar-refractivity contribution in [3.05, 3.63) is 69.6 Å². The second-order valence-corrected chi connectivity index (χ2v) is 5.89. The molecule has 0 aliphatic rings. The zero-order chi connectivity index (χ0) is 20.3. The number of non-ortho nitro benzene ring substituents is 1. The third-order valence-corrected chi connectivity index (χ3v) is 4.03. The Morgan fingerprint density at radius 3 is 2.50 bits per heavy atom. The number of nitrogens with one attached hydrogen (secondary N) is 1. The van der Waals surface area contributed by atoms with Crippen molar-refractivity contribution in [1.29, 1.82) is 0 Å². The van der Waals surface area contributed by atoms with Crippen molar-refractivity contribution in [1.82, 2.24) is 5.16 Å². The molecule has 0 radical (unpaired) electrons. The molecule has 0 aliphatic carbocycles. The zero-order valence-corrected chi connectivity index (χ0v) is 15.4. The maximum absolute atomic E-state index is 12.4. The number of methoxy groups -OCH3 is 1. The number of hydrogen-bond acceptors (Lipinski definition) is 7. The quantitative estimate of drug-likeness (QED) is 0.499. The minimum atomic E-state index is -0.573. The predicted octanol–water partition coefficient (Wildman–Crippen LogP) is 4.25. The fraction of sp³-hybridized carbons (Fsp3) is 0.158. The molecule has 0 saturated carbocycles. The van der Waals surface area contributed by atoms with E-state index in [2.05, 4.69) is 10.5 Å². The standard InChI is InChI=1S/C19H17N3O6/c1-11-12(2)28-21-18(11)19(23)20-13-8-14(22(24)25)10-15(9-13)27-17-7-5-4-6-16(17)26-3/h4-10H,1-3H3,(H,20,23). The second kappa shape index (κ2) is 7.78. The highest BCUT2D eigenvalue weighted by Gasteiger charge is 2.19. The van der Waals surface area contributed by atoms with Crippen molar-refractivity contribution in [2.45, 2.75) is 13.8 Å². The van der Waals surface area contributed by atoms with Gasteiger partial charge in [-0.15, -0.1) is 0 Å². The monoisotopic (exact) mass is 383 g/mol. The summed E-state index contributed by atoms with van der Waals surface area (Å²) < 4.78 is 15.9. The van der Waals surface area contributed by atoms with E-state index in [9.17, 15) is 14.9 Å². The number of ether oxygens (including phenoxy) is 2. The third-order valence-electron chi connectivity index (χ3n) is 4.03. The van der Waals surface area contributed by atoms with Gasteiger partial charge < -0.3 is 19.3 Å². The summed E-state index contributed by atoms with van der Waals surface area (Å²) in [5.41, 5.74) is 0.643. The molecule has 1 N–H and O–H groups in total. The van der Waals surface area contributed by atoms with Crippen molar-refractivity contribution < 1.29 is 23.7 Å². The van der Waals surface area contributed by atoms with Crippen molar-refractivity contribution in [2.75, 3.05) is 12.4 Å². The molecule has 28 heavy (non-hydrogen) atoms. The molecule has 3 rings (SSSR count). The van der Waals surface area contributed by atoms with Crippen molar-refractivity contribution in [2.24, 2.45) is 0 Å². The number of nitro groups is 1. The summed E-state index contributed by atoms with van der Waals surface area (Å²) in [6.45, 7) is 3.38. The van der Waals surface area contributed by atoms with Gasteiger partial charge in [0.25, 0.3) is 11.6 Å². The molecular formula is C19H17N3O6. The van der Waals surface area contributed by atoms with Gasteiger partial charge in [0.1, 0.15) is 11.5 Å². The van der Waals surface area contributed by atoms with Gasteiger partial charge in [-0.1, -0.05) is 17.3 Å². The molecule has 144 valence electrons. The van der Waals surface area contributed by atoms with Crippen LogP contribution >= 0.6 is 0 Å². The number of carbonyl (C=O) groups is 1. The molecule has 0 unspecified atom stereocenters.